The molecular weight excluding hydrogens is 459 g/mol. The van der Waals surface area contributed by atoms with Gasteiger partial charge in [0.05, 0.1) is 4.47 Å². The molecule has 0 aromatic heterocycles. The largest absolute Gasteiger partial charge is 0.488 e. The molecule has 4 nitrogen and oxygen atoms in total. The number of hydrogen-bond donors (Lipinski definition) is 1. The number of nitrogens with zero attached hydrogens (tertiary/aromatic N) is 1. The highest BCUT2D eigenvalue weighted by Gasteiger charge is 2.11. The highest BCUT2D eigenvalue weighted by atomic mass is 79.9. The number of carbonyl (C=O) groups excluding carboxylic acids is 1. The molecule has 0 aliphatic heterocycles. The fraction of sp³-hybridized carbons (Fsp3) is 0.120. The van der Waals surface area contributed by atoms with Crippen LogP contribution in [0, 0.1) is 31.0 Å². The number of nitrogens with one attached hydrogen (secondary N) is 1. The second kappa shape index (κ2) is 10.1. The maximum atomic E-state index is 13.7. The average molecular weight is 479 g/mol. The van der Waals surface area contributed by atoms with Crippen LogP contribution >= 0.6 is 15.9 Å². The van der Waals surface area contributed by atoms with Crippen molar-refractivity contribution in [2.45, 2.75) is 20.5 Å². The van der Waals surface area contributed by atoms with Crippen LogP contribution in [-0.4, -0.2) is 5.91 Å². The average Bonchev–Trinajstić information content (AvgIpc) is 2.75. The molecule has 0 aliphatic carbocycles. The summed E-state index contributed by atoms with van der Waals surface area (Å²) in [5.41, 5.74) is 3.88. The van der Waals surface area contributed by atoms with Crippen LogP contribution in [0.4, 0.5) is 10.1 Å². The fourth-order valence-corrected chi connectivity index (χ4v) is 3.34. The molecule has 0 saturated heterocycles. The first-order valence-corrected chi connectivity index (χ1v) is 10.3. The van der Waals surface area contributed by atoms with E-state index in [1.54, 1.807) is 42.5 Å². The lowest BCUT2D eigenvalue weighted by Gasteiger charge is -2.10. The number of aryl methyl sites for hydroxylation is 2. The van der Waals surface area contributed by atoms with Crippen molar-refractivity contribution in [3.8, 4) is 11.8 Å². The van der Waals surface area contributed by atoms with Crippen molar-refractivity contribution in [1.82, 2.24) is 0 Å². The molecule has 31 heavy (non-hydrogen) atoms. The van der Waals surface area contributed by atoms with E-state index in [1.807, 2.05) is 32.0 Å². The first-order chi connectivity index (χ1) is 14.9. The van der Waals surface area contributed by atoms with E-state index >= 15 is 0 Å². The van der Waals surface area contributed by atoms with E-state index in [2.05, 4.69) is 21.2 Å². The number of benzene rings is 3. The Hall–Kier alpha value is -3.43. The first-order valence-electron chi connectivity index (χ1n) is 9.53. The Morgan fingerprint density at radius 3 is 2.58 bits per heavy atom. The van der Waals surface area contributed by atoms with Crippen molar-refractivity contribution in [2.24, 2.45) is 0 Å². The molecule has 0 heterocycles. The van der Waals surface area contributed by atoms with Gasteiger partial charge in [0.1, 0.15) is 29.8 Å². The molecule has 3 rings (SSSR count). The van der Waals surface area contributed by atoms with E-state index in [-0.39, 0.29) is 18.0 Å². The van der Waals surface area contributed by atoms with Gasteiger partial charge >= 0.3 is 0 Å². The molecule has 0 radical (unpaired) electrons. The van der Waals surface area contributed by atoms with Gasteiger partial charge < -0.3 is 10.1 Å². The van der Waals surface area contributed by atoms with E-state index in [0.29, 0.717) is 27.0 Å². The lowest BCUT2D eigenvalue weighted by molar-refractivity contribution is -0.112. The lowest BCUT2D eigenvalue weighted by atomic mass is 10.1. The van der Waals surface area contributed by atoms with E-state index in [9.17, 15) is 14.4 Å². The zero-order valence-corrected chi connectivity index (χ0v) is 18.7. The van der Waals surface area contributed by atoms with Gasteiger partial charge in [0.15, 0.2) is 0 Å². The van der Waals surface area contributed by atoms with E-state index in [4.69, 9.17) is 4.74 Å². The van der Waals surface area contributed by atoms with Crippen molar-refractivity contribution in [3.05, 3.63) is 98.8 Å². The zero-order valence-electron chi connectivity index (χ0n) is 17.1. The Labute approximate surface area is 189 Å². The van der Waals surface area contributed by atoms with Gasteiger partial charge in [-0.3, -0.25) is 4.79 Å². The van der Waals surface area contributed by atoms with Gasteiger partial charge in [-0.1, -0.05) is 30.3 Å². The molecule has 3 aromatic carbocycles. The second-order valence-corrected chi connectivity index (χ2v) is 7.85. The highest BCUT2D eigenvalue weighted by molar-refractivity contribution is 9.10. The molecule has 0 saturated carbocycles. The Bertz CT molecular complexity index is 1200. The lowest BCUT2D eigenvalue weighted by Crippen LogP contribution is -2.13. The quantitative estimate of drug-likeness (QED) is 0.332. The van der Waals surface area contributed by atoms with Crippen molar-refractivity contribution >= 4 is 33.6 Å². The number of halogens is 2. The van der Waals surface area contributed by atoms with Crippen LogP contribution in [0.5, 0.6) is 5.75 Å². The predicted octanol–water partition coefficient (Wildman–Crippen LogP) is 6.33. The van der Waals surface area contributed by atoms with E-state index < -0.39 is 5.91 Å². The molecule has 1 amide bonds. The molecule has 3 aromatic rings. The topological polar surface area (TPSA) is 62.1 Å². The number of hydrogen-bond acceptors (Lipinski definition) is 3. The van der Waals surface area contributed by atoms with Crippen molar-refractivity contribution in [2.75, 3.05) is 5.32 Å². The molecule has 156 valence electrons. The molecule has 0 bridgehead atoms. The van der Waals surface area contributed by atoms with Gasteiger partial charge in [-0.15, -0.1) is 0 Å². The number of anilines is 1. The summed E-state index contributed by atoms with van der Waals surface area (Å²) in [6.07, 6.45) is 1.50. The Morgan fingerprint density at radius 2 is 1.90 bits per heavy atom. The van der Waals surface area contributed by atoms with Crippen molar-refractivity contribution < 1.29 is 13.9 Å². The Kier molecular flexibility index (Phi) is 7.22. The van der Waals surface area contributed by atoms with Crippen LogP contribution in [0.25, 0.3) is 6.08 Å². The SMILES string of the molecule is Cc1ccc(NC(=O)/C(C#N)=C/c2ccc(OCc3ccccc3F)c(Br)c2)cc1C. The summed E-state index contributed by atoms with van der Waals surface area (Å²) in [6.45, 7) is 4.03. The molecule has 6 heteroatoms. The summed E-state index contributed by atoms with van der Waals surface area (Å²) in [5, 5.41) is 12.2. The van der Waals surface area contributed by atoms with Gasteiger partial charge in [-0.25, -0.2) is 4.39 Å². The minimum Gasteiger partial charge on any atom is -0.488 e. The van der Waals surface area contributed by atoms with Gasteiger partial charge in [-0.05, 0) is 82.9 Å². The summed E-state index contributed by atoms with van der Waals surface area (Å²) in [7, 11) is 0. The number of nitriles is 1. The van der Waals surface area contributed by atoms with Crippen LogP contribution in [0.1, 0.15) is 22.3 Å². The van der Waals surface area contributed by atoms with Gasteiger partial charge in [-0.2, -0.15) is 5.26 Å². The van der Waals surface area contributed by atoms with Crippen LogP contribution in [0.2, 0.25) is 0 Å². The number of rotatable bonds is 6. The number of carbonyl (C=O) groups is 1. The molecule has 0 unspecified atom stereocenters. The monoisotopic (exact) mass is 478 g/mol. The Morgan fingerprint density at radius 1 is 1.13 bits per heavy atom. The maximum absolute atomic E-state index is 13.7. The third-order valence-electron chi connectivity index (χ3n) is 4.74. The predicted molar refractivity (Wildman–Crippen MR) is 123 cm³/mol. The summed E-state index contributed by atoms with van der Waals surface area (Å²) in [6, 6.07) is 19.1. The third kappa shape index (κ3) is 5.80. The fourth-order valence-electron chi connectivity index (χ4n) is 2.83. The summed E-state index contributed by atoms with van der Waals surface area (Å²) >= 11 is 3.43. The van der Waals surface area contributed by atoms with Crippen LogP contribution < -0.4 is 10.1 Å². The molecule has 0 atom stereocenters. The summed E-state index contributed by atoms with van der Waals surface area (Å²) in [4.78, 5) is 12.5. The Balaban J connectivity index is 1.72. The van der Waals surface area contributed by atoms with Gasteiger partial charge in [0, 0.05) is 11.3 Å². The normalized spacial score (nSPS) is 11.0. The first kappa shape index (κ1) is 22.3. The van der Waals surface area contributed by atoms with Crippen LogP contribution in [0.15, 0.2) is 70.7 Å². The molecule has 0 spiro atoms. The summed E-state index contributed by atoms with van der Waals surface area (Å²) in [5.74, 6) is -0.285. The molecule has 0 fully saturated rings. The van der Waals surface area contributed by atoms with E-state index in [1.165, 1.54) is 12.1 Å². The highest BCUT2D eigenvalue weighted by Crippen LogP contribution is 2.28. The maximum Gasteiger partial charge on any atom is 0.266 e. The minimum absolute atomic E-state index is 0.0230. The second-order valence-electron chi connectivity index (χ2n) is 6.99. The van der Waals surface area contributed by atoms with Crippen molar-refractivity contribution in [1.29, 1.82) is 5.26 Å². The minimum atomic E-state index is -0.484. The van der Waals surface area contributed by atoms with Crippen molar-refractivity contribution in [3.63, 3.8) is 0 Å². The molecular formula is C25H20BrFN2O2. The van der Waals surface area contributed by atoms with Gasteiger partial charge in [0.25, 0.3) is 5.91 Å². The zero-order chi connectivity index (χ0) is 22.4. The van der Waals surface area contributed by atoms with Crippen LogP contribution in [0.3, 0.4) is 0 Å². The van der Waals surface area contributed by atoms with Gasteiger partial charge in [0.2, 0.25) is 0 Å². The molecule has 0 aliphatic rings. The van der Waals surface area contributed by atoms with E-state index in [0.717, 1.165) is 11.1 Å². The number of amides is 1. The standard InChI is InChI=1S/C25H20BrFN2O2/c1-16-7-9-21(11-17(16)2)29-25(30)20(14-28)12-18-8-10-24(22(26)13-18)31-15-19-5-3-4-6-23(19)27/h3-13H,15H2,1-2H3,(H,29,30)/b20-12+. The third-order valence-corrected chi connectivity index (χ3v) is 5.36. The van der Waals surface area contributed by atoms with Crippen LogP contribution in [-0.2, 0) is 11.4 Å². The smallest absolute Gasteiger partial charge is 0.266 e. The summed E-state index contributed by atoms with van der Waals surface area (Å²) < 4.78 is 20.1. The number of ether oxygens (including phenoxy) is 1. The molecule has 1 N–H and O–H groups in total.